The lowest BCUT2D eigenvalue weighted by Gasteiger charge is -2.05. The summed E-state index contributed by atoms with van der Waals surface area (Å²) in [5.41, 5.74) is 2.49. The van der Waals surface area contributed by atoms with Crippen LogP contribution < -0.4 is 10.6 Å². The van der Waals surface area contributed by atoms with Gasteiger partial charge in [-0.2, -0.15) is 0 Å². The van der Waals surface area contributed by atoms with Gasteiger partial charge in [-0.25, -0.2) is 0 Å². The lowest BCUT2D eigenvalue weighted by atomic mass is 10.0. The molecule has 1 heteroatoms. The summed E-state index contributed by atoms with van der Waals surface area (Å²) in [5, 5.41) is 2.03. The average molecular weight is 201 g/mol. The molecule has 1 rings (SSSR count). The van der Waals surface area contributed by atoms with Crippen molar-refractivity contribution in [2.45, 2.75) is 33.6 Å². The van der Waals surface area contributed by atoms with E-state index in [1.54, 1.807) is 0 Å². The van der Waals surface area contributed by atoms with Gasteiger partial charge >= 0.3 is 0 Å². The molecule has 0 bridgehead atoms. The van der Waals surface area contributed by atoms with E-state index in [2.05, 4.69) is 50.6 Å². The molecule has 0 aliphatic carbocycles. The van der Waals surface area contributed by atoms with Crippen LogP contribution >= 0.6 is 0 Å². The minimum absolute atomic E-state index is 0.499. The second kappa shape index (κ2) is 4.92. The third-order valence-electron chi connectivity index (χ3n) is 2.57. The summed E-state index contributed by atoms with van der Waals surface area (Å²) in [6.07, 6.45) is 6.01. The van der Waals surface area contributed by atoms with Gasteiger partial charge in [-0.05, 0) is 42.7 Å². The molecule has 1 heterocycles. The predicted molar refractivity (Wildman–Crippen MR) is 67.0 cm³/mol. The SMILES string of the molecule is C=c1c(C(C)C)ccn/c1=C/C(C)=C\C. The lowest BCUT2D eigenvalue weighted by Crippen LogP contribution is -2.30. The zero-order valence-electron chi connectivity index (χ0n) is 10.0. The third kappa shape index (κ3) is 2.79. The van der Waals surface area contributed by atoms with Crippen LogP contribution in [-0.4, -0.2) is 4.98 Å². The van der Waals surface area contributed by atoms with E-state index < -0.39 is 0 Å². The van der Waals surface area contributed by atoms with E-state index in [9.17, 15) is 0 Å². The van der Waals surface area contributed by atoms with Crippen LogP contribution in [0.5, 0.6) is 0 Å². The van der Waals surface area contributed by atoms with Gasteiger partial charge in [-0.1, -0.05) is 32.1 Å². The number of hydrogen-bond acceptors (Lipinski definition) is 1. The Kier molecular flexibility index (Phi) is 3.84. The van der Waals surface area contributed by atoms with Gasteiger partial charge in [0.25, 0.3) is 0 Å². The van der Waals surface area contributed by atoms with Gasteiger partial charge in [-0.3, -0.25) is 4.98 Å². The Morgan fingerprint density at radius 3 is 2.67 bits per heavy atom. The molecular weight excluding hydrogens is 182 g/mol. The number of rotatable bonds is 2. The lowest BCUT2D eigenvalue weighted by molar-refractivity contribution is 0.851. The maximum absolute atomic E-state index is 4.35. The van der Waals surface area contributed by atoms with Gasteiger partial charge in [0.2, 0.25) is 0 Å². The van der Waals surface area contributed by atoms with Gasteiger partial charge in [0.15, 0.2) is 0 Å². The normalized spacial score (nSPS) is 13.7. The van der Waals surface area contributed by atoms with E-state index in [-0.39, 0.29) is 0 Å². The standard InChI is InChI=1S/C14H19N/c1-6-11(4)9-14-12(5)13(10(2)3)7-8-15-14/h6-10H,5H2,1-4H3/b11-6-,14-9+. The molecule has 0 saturated heterocycles. The van der Waals surface area contributed by atoms with Crippen LogP contribution in [0, 0.1) is 0 Å². The fraction of sp³-hybridized carbons (Fsp3) is 0.357. The van der Waals surface area contributed by atoms with Gasteiger partial charge in [0, 0.05) is 6.20 Å². The molecule has 0 aliphatic rings. The fourth-order valence-electron chi connectivity index (χ4n) is 1.49. The van der Waals surface area contributed by atoms with Crippen molar-refractivity contribution in [3.05, 3.63) is 40.0 Å². The molecule has 1 aromatic heterocycles. The molecule has 0 unspecified atom stereocenters. The first kappa shape index (κ1) is 11.7. The molecular formula is C14H19N. The van der Waals surface area contributed by atoms with E-state index in [0.717, 1.165) is 10.6 Å². The Hall–Kier alpha value is -1.37. The van der Waals surface area contributed by atoms with Gasteiger partial charge in [0.05, 0.1) is 5.35 Å². The van der Waals surface area contributed by atoms with Crippen molar-refractivity contribution in [3.63, 3.8) is 0 Å². The number of hydrogen-bond donors (Lipinski definition) is 0. The summed E-state index contributed by atoms with van der Waals surface area (Å²) < 4.78 is 0. The number of allylic oxidation sites excluding steroid dienone is 2. The van der Waals surface area contributed by atoms with Crippen LogP contribution in [0.15, 0.2) is 23.9 Å². The largest absolute Gasteiger partial charge is 0.256 e. The van der Waals surface area contributed by atoms with E-state index >= 15 is 0 Å². The Morgan fingerprint density at radius 2 is 2.13 bits per heavy atom. The van der Waals surface area contributed by atoms with Crippen molar-refractivity contribution >= 4 is 12.7 Å². The molecule has 1 nitrogen and oxygen atoms in total. The Bertz CT molecular complexity index is 467. The highest BCUT2D eigenvalue weighted by Gasteiger charge is 2.00. The monoisotopic (exact) mass is 201 g/mol. The minimum atomic E-state index is 0.499. The smallest absolute Gasteiger partial charge is 0.0701 e. The molecule has 0 radical (unpaired) electrons. The molecule has 15 heavy (non-hydrogen) atoms. The van der Waals surface area contributed by atoms with Gasteiger partial charge < -0.3 is 0 Å². The molecule has 0 spiro atoms. The molecule has 0 saturated carbocycles. The zero-order chi connectivity index (χ0) is 11.4. The number of nitrogens with zero attached hydrogens (tertiary/aromatic N) is 1. The summed E-state index contributed by atoms with van der Waals surface area (Å²) in [6.45, 7) is 12.6. The molecule has 80 valence electrons. The highest BCUT2D eigenvalue weighted by Crippen LogP contribution is 2.06. The van der Waals surface area contributed by atoms with Crippen molar-refractivity contribution in [2.75, 3.05) is 0 Å². The molecule has 0 N–H and O–H groups in total. The quantitative estimate of drug-likeness (QED) is 0.716. The second-order valence-corrected chi connectivity index (χ2v) is 4.10. The summed E-state index contributed by atoms with van der Waals surface area (Å²) in [5.74, 6) is 0.499. The topological polar surface area (TPSA) is 12.9 Å². The summed E-state index contributed by atoms with van der Waals surface area (Å²) in [7, 11) is 0. The summed E-state index contributed by atoms with van der Waals surface area (Å²) >= 11 is 0. The molecule has 1 aromatic rings. The van der Waals surface area contributed by atoms with E-state index in [1.165, 1.54) is 11.1 Å². The first-order chi connectivity index (χ1) is 7.06. The van der Waals surface area contributed by atoms with E-state index in [1.807, 2.05) is 13.1 Å². The van der Waals surface area contributed by atoms with Crippen LogP contribution in [0.1, 0.15) is 39.2 Å². The molecule has 0 atom stereocenters. The van der Waals surface area contributed by atoms with E-state index in [4.69, 9.17) is 0 Å². The molecule has 0 aromatic carbocycles. The second-order valence-electron chi connectivity index (χ2n) is 4.10. The number of pyridine rings is 1. The number of aromatic nitrogens is 1. The Morgan fingerprint density at radius 1 is 1.47 bits per heavy atom. The first-order valence-electron chi connectivity index (χ1n) is 5.34. The predicted octanol–water partition coefficient (Wildman–Crippen LogP) is 2.36. The van der Waals surface area contributed by atoms with Crippen molar-refractivity contribution in [3.8, 4) is 0 Å². The Labute approximate surface area is 91.9 Å². The van der Waals surface area contributed by atoms with Crippen LogP contribution in [0.4, 0.5) is 0 Å². The average Bonchev–Trinajstić information content (AvgIpc) is 2.20. The van der Waals surface area contributed by atoms with Crippen LogP contribution in [0.3, 0.4) is 0 Å². The zero-order valence-corrected chi connectivity index (χ0v) is 10.0. The minimum Gasteiger partial charge on any atom is -0.256 e. The Balaban J connectivity index is 3.41. The fourth-order valence-corrected chi connectivity index (χ4v) is 1.49. The molecule has 0 aliphatic heterocycles. The van der Waals surface area contributed by atoms with Crippen LogP contribution in [0.25, 0.3) is 12.7 Å². The van der Waals surface area contributed by atoms with Crippen molar-refractivity contribution < 1.29 is 0 Å². The van der Waals surface area contributed by atoms with Crippen LogP contribution in [0.2, 0.25) is 0 Å². The van der Waals surface area contributed by atoms with Gasteiger partial charge in [0.1, 0.15) is 0 Å². The first-order valence-corrected chi connectivity index (χ1v) is 5.34. The van der Waals surface area contributed by atoms with Gasteiger partial charge in [-0.15, -0.1) is 0 Å². The third-order valence-corrected chi connectivity index (χ3v) is 2.57. The van der Waals surface area contributed by atoms with Crippen LogP contribution in [-0.2, 0) is 0 Å². The highest BCUT2D eigenvalue weighted by atomic mass is 14.6. The van der Waals surface area contributed by atoms with Crippen molar-refractivity contribution in [2.24, 2.45) is 0 Å². The van der Waals surface area contributed by atoms with Crippen molar-refractivity contribution in [1.82, 2.24) is 4.98 Å². The summed E-state index contributed by atoms with van der Waals surface area (Å²) in [4.78, 5) is 4.35. The maximum Gasteiger partial charge on any atom is 0.0701 e. The highest BCUT2D eigenvalue weighted by molar-refractivity contribution is 5.44. The molecule has 0 amide bonds. The molecule has 0 fully saturated rings. The van der Waals surface area contributed by atoms with E-state index in [0.29, 0.717) is 5.92 Å². The van der Waals surface area contributed by atoms with Crippen molar-refractivity contribution in [1.29, 1.82) is 0 Å². The summed E-state index contributed by atoms with van der Waals surface area (Å²) in [6, 6.07) is 2.05. The maximum atomic E-state index is 4.35.